The molecule has 6 nitrogen and oxygen atoms in total. The van der Waals surface area contributed by atoms with Crippen molar-refractivity contribution in [3.8, 4) is 0 Å². The first-order chi connectivity index (χ1) is 5.75. The lowest BCUT2D eigenvalue weighted by Crippen LogP contribution is -2.26. The third kappa shape index (κ3) is 1.85. The van der Waals surface area contributed by atoms with Crippen molar-refractivity contribution in [1.29, 1.82) is 0 Å². The molecule has 12 heavy (non-hydrogen) atoms. The lowest BCUT2D eigenvalue weighted by molar-refractivity contribution is 0.280. The molecule has 0 fully saturated rings. The highest BCUT2D eigenvalue weighted by molar-refractivity contribution is 4.64. The molecule has 0 bridgehead atoms. The molecule has 0 spiro atoms. The number of hydrogen-bond donors (Lipinski definition) is 3. The molecule has 1 aromatic heterocycles. The number of aromatic nitrogens is 3. The molecular formula is C6H11N3O3. The summed E-state index contributed by atoms with van der Waals surface area (Å²) in [7, 11) is 0. The van der Waals surface area contributed by atoms with E-state index in [9.17, 15) is 9.59 Å². The number of aliphatic hydroxyl groups excluding tert-OH is 1. The molecule has 1 heterocycles. The molecule has 0 saturated heterocycles. The number of H-pyrrole nitrogens is 2. The largest absolute Gasteiger partial charge is 0.396 e. The van der Waals surface area contributed by atoms with Crippen molar-refractivity contribution >= 4 is 0 Å². The van der Waals surface area contributed by atoms with Crippen LogP contribution >= 0.6 is 0 Å². The quantitative estimate of drug-likeness (QED) is 0.491. The van der Waals surface area contributed by atoms with E-state index in [0.29, 0.717) is 19.4 Å². The minimum Gasteiger partial charge on any atom is -0.396 e. The molecule has 1 rings (SSSR count). The summed E-state index contributed by atoms with van der Waals surface area (Å²) in [5.41, 5.74) is -0.865. The third-order valence-electron chi connectivity index (χ3n) is 1.56. The molecule has 3 N–H and O–H groups in total. The van der Waals surface area contributed by atoms with Gasteiger partial charge in [-0.25, -0.2) is 24.4 Å². The van der Waals surface area contributed by atoms with Crippen LogP contribution in [-0.4, -0.2) is 26.5 Å². The molecule has 0 amide bonds. The smallest absolute Gasteiger partial charge is 0.344 e. The van der Waals surface area contributed by atoms with Gasteiger partial charge in [-0.2, -0.15) is 0 Å². The molecule has 0 radical (unpaired) electrons. The summed E-state index contributed by atoms with van der Waals surface area (Å²) >= 11 is 0. The van der Waals surface area contributed by atoms with Gasteiger partial charge >= 0.3 is 11.4 Å². The zero-order chi connectivity index (χ0) is 8.97. The minimum atomic E-state index is -0.432. The van der Waals surface area contributed by atoms with Crippen LogP contribution in [0.3, 0.4) is 0 Å². The maximum atomic E-state index is 10.8. The zero-order valence-electron chi connectivity index (χ0n) is 6.54. The van der Waals surface area contributed by atoms with Crippen LogP contribution in [0.1, 0.15) is 12.8 Å². The van der Waals surface area contributed by atoms with E-state index in [1.165, 1.54) is 0 Å². The number of aliphatic hydroxyl groups is 1. The van der Waals surface area contributed by atoms with Gasteiger partial charge in [0.05, 0.1) is 0 Å². The number of hydrogen-bond acceptors (Lipinski definition) is 3. The van der Waals surface area contributed by atoms with E-state index in [-0.39, 0.29) is 6.61 Å². The third-order valence-corrected chi connectivity index (χ3v) is 1.56. The Hall–Kier alpha value is -1.30. The van der Waals surface area contributed by atoms with Gasteiger partial charge in [0, 0.05) is 13.2 Å². The molecular weight excluding hydrogens is 162 g/mol. The topological polar surface area (TPSA) is 90.9 Å². The van der Waals surface area contributed by atoms with Gasteiger partial charge in [-0.3, -0.25) is 0 Å². The Morgan fingerprint density at radius 3 is 2.25 bits per heavy atom. The van der Waals surface area contributed by atoms with E-state index in [2.05, 4.69) is 10.2 Å². The molecule has 0 aliphatic rings. The van der Waals surface area contributed by atoms with Crippen molar-refractivity contribution in [1.82, 2.24) is 14.8 Å². The molecule has 0 atom stereocenters. The summed E-state index contributed by atoms with van der Waals surface area (Å²) < 4.78 is 1.07. The molecule has 6 heteroatoms. The van der Waals surface area contributed by atoms with Gasteiger partial charge in [0.1, 0.15) is 0 Å². The van der Waals surface area contributed by atoms with Crippen LogP contribution in [0.25, 0.3) is 0 Å². The average molecular weight is 173 g/mol. The summed E-state index contributed by atoms with van der Waals surface area (Å²) in [6, 6.07) is 0. The Balaban J connectivity index is 2.62. The summed E-state index contributed by atoms with van der Waals surface area (Å²) in [6.07, 6.45) is 1.22. The molecule has 68 valence electrons. The lowest BCUT2D eigenvalue weighted by atomic mass is 10.3. The van der Waals surface area contributed by atoms with Crippen LogP contribution in [0.15, 0.2) is 9.59 Å². The van der Waals surface area contributed by atoms with Gasteiger partial charge in [-0.05, 0) is 12.8 Å². The zero-order valence-corrected chi connectivity index (χ0v) is 6.54. The predicted molar refractivity (Wildman–Crippen MR) is 42.0 cm³/mol. The Morgan fingerprint density at radius 1 is 1.17 bits per heavy atom. The summed E-state index contributed by atoms with van der Waals surface area (Å²) in [4.78, 5) is 21.7. The molecule has 0 aromatic carbocycles. The fourth-order valence-electron chi connectivity index (χ4n) is 0.919. The van der Waals surface area contributed by atoms with Crippen LogP contribution in [0.4, 0.5) is 0 Å². The van der Waals surface area contributed by atoms with Crippen molar-refractivity contribution < 1.29 is 5.11 Å². The van der Waals surface area contributed by atoms with E-state index in [4.69, 9.17) is 5.11 Å². The highest BCUT2D eigenvalue weighted by Crippen LogP contribution is 1.87. The number of rotatable bonds is 4. The van der Waals surface area contributed by atoms with Crippen molar-refractivity contribution in [2.24, 2.45) is 0 Å². The molecule has 0 aliphatic heterocycles. The van der Waals surface area contributed by atoms with E-state index in [1.54, 1.807) is 0 Å². The number of nitrogens with one attached hydrogen (secondary N) is 2. The molecule has 1 aromatic rings. The summed E-state index contributed by atoms with van der Waals surface area (Å²) in [5.74, 6) is 0. The van der Waals surface area contributed by atoms with Crippen molar-refractivity contribution in [2.75, 3.05) is 6.61 Å². The average Bonchev–Trinajstić information content (AvgIpc) is 2.35. The van der Waals surface area contributed by atoms with Gasteiger partial charge in [0.2, 0.25) is 0 Å². The summed E-state index contributed by atoms with van der Waals surface area (Å²) in [5, 5.41) is 12.8. The van der Waals surface area contributed by atoms with Crippen LogP contribution in [0.5, 0.6) is 0 Å². The Labute approximate surface area is 67.8 Å². The highest BCUT2D eigenvalue weighted by Gasteiger charge is 2.00. The molecule has 0 saturated carbocycles. The fraction of sp³-hybridized carbons (Fsp3) is 0.667. The second-order valence-electron chi connectivity index (χ2n) is 2.44. The van der Waals surface area contributed by atoms with Crippen LogP contribution in [-0.2, 0) is 6.54 Å². The lowest BCUT2D eigenvalue weighted by Gasteiger charge is -1.95. The van der Waals surface area contributed by atoms with Crippen molar-refractivity contribution in [3.63, 3.8) is 0 Å². The Morgan fingerprint density at radius 2 is 1.75 bits per heavy atom. The van der Waals surface area contributed by atoms with Crippen molar-refractivity contribution in [3.05, 3.63) is 21.0 Å². The molecule has 0 unspecified atom stereocenters. The highest BCUT2D eigenvalue weighted by atomic mass is 16.3. The normalized spacial score (nSPS) is 10.4. The van der Waals surface area contributed by atoms with Gasteiger partial charge in [0.15, 0.2) is 0 Å². The second kappa shape index (κ2) is 3.91. The van der Waals surface area contributed by atoms with Crippen LogP contribution in [0.2, 0.25) is 0 Å². The van der Waals surface area contributed by atoms with E-state index in [0.717, 1.165) is 4.57 Å². The Kier molecular flexibility index (Phi) is 2.87. The van der Waals surface area contributed by atoms with Crippen molar-refractivity contribution in [2.45, 2.75) is 19.4 Å². The number of unbranched alkanes of at least 4 members (excludes halogenated alkanes) is 1. The maximum absolute atomic E-state index is 10.8. The SMILES string of the molecule is O=c1[nH][nH]c(=O)n1CCCCO. The maximum Gasteiger partial charge on any atom is 0.344 e. The predicted octanol–water partition coefficient (Wildman–Crippen LogP) is -1.36. The fourth-order valence-corrected chi connectivity index (χ4v) is 0.919. The minimum absolute atomic E-state index is 0.0804. The summed E-state index contributed by atoms with van der Waals surface area (Å²) in [6.45, 7) is 0.426. The monoisotopic (exact) mass is 173 g/mol. The van der Waals surface area contributed by atoms with Gasteiger partial charge < -0.3 is 5.11 Å². The van der Waals surface area contributed by atoms with E-state index in [1.807, 2.05) is 0 Å². The molecule has 0 aliphatic carbocycles. The first kappa shape index (κ1) is 8.79. The second-order valence-corrected chi connectivity index (χ2v) is 2.44. The number of aromatic amines is 2. The first-order valence-electron chi connectivity index (χ1n) is 3.74. The standard InChI is InChI=1S/C6H11N3O3/c10-4-2-1-3-9-5(11)7-8-6(9)12/h10H,1-4H2,(H,7,11)(H,8,12). The van der Waals surface area contributed by atoms with E-state index >= 15 is 0 Å². The van der Waals surface area contributed by atoms with E-state index < -0.39 is 11.4 Å². The van der Waals surface area contributed by atoms with Gasteiger partial charge in [0.25, 0.3) is 0 Å². The first-order valence-corrected chi connectivity index (χ1v) is 3.74. The van der Waals surface area contributed by atoms with Crippen LogP contribution < -0.4 is 11.4 Å². The van der Waals surface area contributed by atoms with Gasteiger partial charge in [-0.15, -0.1) is 0 Å². The van der Waals surface area contributed by atoms with Gasteiger partial charge in [-0.1, -0.05) is 0 Å². The van der Waals surface area contributed by atoms with Crippen LogP contribution in [0, 0.1) is 0 Å². The Bertz CT molecular complexity index is 307. The number of nitrogens with zero attached hydrogens (tertiary/aromatic N) is 1.